The Hall–Kier alpha value is -0.310. The number of hydrogen-bond donors (Lipinski definition) is 2. The number of hydrogen-bond acceptors (Lipinski definition) is 2. The molecule has 114 valence electrons. The van der Waals surface area contributed by atoms with E-state index in [4.69, 9.17) is 17.3 Å². The fraction of sp³-hybridized carbons (Fsp3) is 0.214. The van der Waals surface area contributed by atoms with Crippen molar-refractivity contribution in [3.05, 3.63) is 55.6 Å². The van der Waals surface area contributed by atoms with Crippen LogP contribution in [0.4, 0.5) is 0 Å². The first-order valence-corrected chi connectivity index (χ1v) is 8.20. The molecule has 0 bridgehead atoms. The lowest BCUT2D eigenvalue weighted by Gasteiger charge is -2.06. The Morgan fingerprint density at radius 2 is 2.19 bits per heavy atom. The fourth-order valence-electron chi connectivity index (χ4n) is 1.64. The number of guanidine groups is 1. The summed E-state index contributed by atoms with van der Waals surface area (Å²) in [5, 5.41) is 5.87. The standard InChI is InChI=1S/C14H15BrClN3S.HI/c15-11-4-3-10(13(16)8-11)9-19-14(17)18-6-5-12-2-1-7-20-12;/h1-4,7-8H,5-6,9H2,(H3,17,18,19);1H. The molecule has 0 atom stereocenters. The van der Waals surface area contributed by atoms with Crippen molar-refractivity contribution in [3.63, 3.8) is 0 Å². The predicted octanol–water partition coefficient (Wildman–Crippen LogP) is 4.43. The molecule has 0 saturated heterocycles. The second-order valence-electron chi connectivity index (χ2n) is 4.19. The third kappa shape index (κ3) is 6.54. The first-order valence-electron chi connectivity index (χ1n) is 6.15. The van der Waals surface area contributed by atoms with Crippen molar-refractivity contribution in [1.29, 1.82) is 0 Å². The van der Waals surface area contributed by atoms with E-state index in [1.165, 1.54) is 4.88 Å². The molecule has 0 unspecified atom stereocenters. The quantitative estimate of drug-likeness (QED) is 0.363. The molecule has 2 rings (SSSR count). The summed E-state index contributed by atoms with van der Waals surface area (Å²) < 4.78 is 0.956. The molecule has 1 aromatic heterocycles. The van der Waals surface area contributed by atoms with Gasteiger partial charge in [0.25, 0.3) is 0 Å². The van der Waals surface area contributed by atoms with E-state index in [2.05, 4.69) is 37.7 Å². The highest BCUT2D eigenvalue weighted by atomic mass is 127. The molecule has 0 aliphatic carbocycles. The van der Waals surface area contributed by atoms with E-state index in [1.54, 1.807) is 11.3 Å². The van der Waals surface area contributed by atoms with Gasteiger partial charge in [0, 0.05) is 20.9 Å². The summed E-state index contributed by atoms with van der Waals surface area (Å²) in [6.07, 6.45) is 0.951. The first kappa shape index (κ1) is 18.7. The van der Waals surface area contributed by atoms with Crippen LogP contribution in [0, 0.1) is 0 Å². The minimum atomic E-state index is 0. The van der Waals surface area contributed by atoms with Gasteiger partial charge < -0.3 is 11.1 Å². The second kappa shape index (κ2) is 9.66. The van der Waals surface area contributed by atoms with Crippen LogP contribution in [-0.4, -0.2) is 12.5 Å². The zero-order valence-electron chi connectivity index (χ0n) is 11.2. The zero-order valence-corrected chi connectivity index (χ0v) is 16.7. The highest BCUT2D eigenvalue weighted by Crippen LogP contribution is 2.21. The normalized spacial score (nSPS) is 11.0. The molecule has 0 amide bonds. The van der Waals surface area contributed by atoms with Gasteiger partial charge in [-0.15, -0.1) is 35.3 Å². The molecule has 7 heteroatoms. The monoisotopic (exact) mass is 499 g/mol. The Labute approximate surface area is 159 Å². The molecule has 0 saturated carbocycles. The van der Waals surface area contributed by atoms with E-state index in [0.29, 0.717) is 17.5 Å². The minimum Gasteiger partial charge on any atom is -0.370 e. The third-order valence-electron chi connectivity index (χ3n) is 2.69. The van der Waals surface area contributed by atoms with Crippen LogP contribution in [0.1, 0.15) is 10.4 Å². The van der Waals surface area contributed by atoms with Crippen LogP contribution in [0.25, 0.3) is 0 Å². The summed E-state index contributed by atoms with van der Waals surface area (Å²) in [5.41, 5.74) is 6.79. The molecule has 3 N–H and O–H groups in total. The highest BCUT2D eigenvalue weighted by molar-refractivity contribution is 14.0. The molecule has 0 aliphatic heterocycles. The van der Waals surface area contributed by atoms with Gasteiger partial charge in [-0.2, -0.15) is 0 Å². The minimum absolute atomic E-state index is 0. The third-order valence-corrected chi connectivity index (χ3v) is 4.47. The van der Waals surface area contributed by atoms with E-state index in [-0.39, 0.29) is 24.0 Å². The van der Waals surface area contributed by atoms with Crippen LogP contribution in [0.15, 0.2) is 45.2 Å². The SMILES string of the molecule is I.NC(=NCc1ccc(Br)cc1Cl)NCCc1cccs1. The maximum atomic E-state index is 6.13. The number of thiophene rings is 1. The molecule has 0 spiro atoms. The average Bonchev–Trinajstić information content (AvgIpc) is 2.91. The van der Waals surface area contributed by atoms with Crippen LogP contribution in [-0.2, 0) is 13.0 Å². The number of nitrogens with one attached hydrogen (secondary N) is 1. The van der Waals surface area contributed by atoms with Crippen molar-refractivity contribution < 1.29 is 0 Å². The van der Waals surface area contributed by atoms with Crippen molar-refractivity contribution in [1.82, 2.24) is 5.32 Å². The molecule has 3 nitrogen and oxygen atoms in total. The number of rotatable bonds is 5. The second-order valence-corrected chi connectivity index (χ2v) is 6.55. The lowest BCUT2D eigenvalue weighted by atomic mass is 10.2. The van der Waals surface area contributed by atoms with Gasteiger partial charge in [0.05, 0.1) is 6.54 Å². The van der Waals surface area contributed by atoms with Crippen molar-refractivity contribution in [2.75, 3.05) is 6.54 Å². The summed E-state index contributed by atoms with van der Waals surface area (Å²) in [4.78, 5) is 5.63. The van der Waals surface area contributed by atoms with Gasteiger partial charge in [0.15, 0.2) is 5.96 Å². The number of nitrogens with zero attached hydrogens (tertiary/aromatic N) is 1. The van der Waals surface area contributed by atoms with Gasteiger partial charge in [0.1, 0.15) is 0 Å². The summed E-state index contributed by atoms with van der Waals surface area (Å²) in [6, 6.07) is 9.90. The van der Waals surface area contributed by atoms with Crippen molar-refractivity contribution >= 4 is 68.8 Å². The summed E-state index contributed by atoms with van der Waals surface area (Å²) in [6.45, 7) is 1.26. The Balaban J connectivity index is 0.00000220. The average molecular weight is 501 g/mol. The van der Waals surface area contributed by atoms with Gasteiger partial charge in [0.2, 0.25) is 0 Å². The first-order chi connectivity index (χ1) is 9.65. The maximum absolute atomic E-state index is 6.13. The number of halogens is 3. The van der Waals surface area contributed by atoms with E-state index in [0.717, 1.165) is 23.0 Å². The van der Waals surface area contributed by atoms with Gasteiger partial charge in [-0.25, -0.2) is 4.99 Å². The van der Waals surface area contributed by atoms with Crippen LogP contribution in [0.2, 0.25) is 5.02 Å². The molecule has 1 heterocycles. The Morgan fingerprint density at radius 3 is 2.86 bits per heavy atom. The summed E-state index contributed by atoms with van der Waals surface area (Å²) in [5.74, 6) is 0.445. The fourth-order valence-corrected chi connectivity index (χ4v) is 3.09. The van der Waals surface area contributed by atoms with E-state index in [9.17, 15) is 0 Å². The van der Waals surface area contributed by atoms with E-state index < -0.39 is 0 Å². The van der Waals surface area contributed by atoms with Gasteiger partial charge in [-0.05, 0) is 35.6 Å². The van der Waals surface area contributed by atoms with Gasteiger partial charge in [-0.3, -0.25) is 0 Å². The molecule has 0 aliphatic rings. The Bertz CT molecular complexity index is 590. The molecule has 0 radical (unpaired) electrons. The van der Waals surface area contributed by atoms with Crippen molar-refractivity contribution in [2.45, 2.75) is 13.0 Å². The van der Waals surface area contributed by atoms with E-state index >= 15 is 0 Å². The zero-order chi connectivity index (χ0) is 14.4. The number of nitrogens with two attached hydrogens (primary N) is 1. The molecule has 0 fully saturated rings. The Morgan fingerprint density at radius 1 is 1.38 bits per heavy atom. The Kier molecular flexibility index (Phi) is 8.62. The van der Waals surface area contributed by atoms with Crippen LogP contribution in [0.3, 0.4) is 0 Å². The maximum Gasteiger partial charge on any atom is 0.188 e. The molecular formula is C14H16BrClIN3S. The van der Waals surface area contributed by atoms with Gasteiger partial charge in [-0.1, -0.05) is 39.7 Å². The number of aliphatic imine (C=N–C) groups is 1. The molecule has 1 aromatic carbocycles. The summed E-state index contributed by atoms with van der Waals surface area (Å²) in [7, 11) is 0. The number of benzene rings is 1. The summed E-state index contributed by atoms with van der Waals surface area (Å²) >= 11 is 11.2. The molecule has 2 aromatic rings. The topological polar surface area (TPSA) is 50.4 Å². The highest BCUT2D eigenvalue weighted by Gasteiger charge is 2.01. The molecule has 21 heavy (non-hydrogen) atoms. The van der Waals surface area contributed by atoms with Crippen LogP contribution in [0.5, 0.6) is 0 Å². The van der Waals surface area contributed by atoms with Crippen molar-refractivity contribution in [3.8, 4) is 0 Å². The lowest BCUT2D eigenvalue weighted by molar-refractivity contribution is 0.857. The van der Waals surface area contributed by atoms with Crippen LogP contribution < -0.4 is 11.1 Å². The molecular weight excluding hydrogens is 485 g/mol. The van der Waals surface area contributed by atoms with Gasteiger partial charge >= 0.3 is 0 Å². The largest absolute Gasteiger partial charge is 0.370 e. The predicted molar refractivity (Wildman–Crippen MR) is 106 cm³/mol. The van der Waals surface area contributed by atoms with Crippen molar-refractivity contribution in [2.24, 2.45) is 10.7 Å². The van der Waals surface area contributed by atoms with E-state index in [1.807, 2.05) is 24.3 Å². The smallest absolute Gasteiger partial charge is 0.188 e. The van der Waals surface area contributed by atoms with Crippen LogP contribution >= 0.6 is 62.8 Å². The lowest BCUT2D eigenvalue weighted by Crippen LogP contribution is -2.33.